The van der Waals surface area contributed by atoms with Gasteiger partial charge in [0, 0.05) is 24.1 Å². The summed E-state index contributed by atoms with van der Waals surface area (Å²) in [5.41, 5.74) is 5.01. The number of para-hydroxylation sites is 1. The van der Waals surface area contributed by atoms with E-state index in [9.17, 15) is 9.59 Å². The van der Waals surface area contributed by atoms with Crippen molar-refractivity contribution in [2.24, 2.45) is 0 Å². The van der Waals surface area contributed by atoms with E-state index >= 15 is 0 Å². The number of methoxy groups -OCH3 is 1. The number of aromatic nitrogens is 1. The predicted octanol–water partition coefficient (Wildman–Crippen LogP) is 3.87. The van der Waals surface area contributed by atoms with E-state index in [1.54, 1.807) is 7.11 Å². The average Bonchev–Trinajstić information content (AvgIpc) is 3.19. The number of halogens is 1. The Morgan fingerprint density at radius 2 is 1.88 bits per heavy atom. The monoisotopic (exact) mass is 449 g/mol. The molecule has 0 saturated carbocycles. The van der Waals surface area contributed by atoms with Crippen molar-refractivity contribution in [2.75, 3.05) is 26.8 Å². The summed E-state index contributed by atoms with van der Waals surface area (Å²) in [5.74, 6) is -0.537. The first-order valence-corrected chi connectivity index (χ1v) is 10.9. The number of ether oxygens (including phenoxy) is 1. The van der Waals surface area contributed by atoms with Crippen molar-refractivity contribution in [2.45, 2.75) is 12.8 Å². The standard InChI is InChI=1S/C25H24ClN3O3/c1-32-13-12-27-22(30)15-28-25(31)23-18-7-3-5-9-21(18)29-24-17(10-11-19(23)24)14-16-6-2-4-8-20(16)26/h2-9,14H,10-13,15H2,1H3,(H,27,30)(H,28,31). The van der Waals surface area contributed by atoms with E-state index in [0.29, 0.717) is 30.2 Å². The average molecular weight is 450 g/mol. The largest absolute Gasteiger partial charge is 0.383 e. The van der Waals surface area contributed by atoms with Crippen molar-refractivity contribution in [3.05, 3.63) is 75.9 Å². The van der Waals surface area contributed by atoms with Crippen LogP contribution in [-0.4, -0.2) is 43.6 Å². The number of hydrogen-bond donors (Lipinski definition) is 2. The molecule has 1 aliphatic rings. The van der Waals surface area contributed by atoms with Crippen molar-refractivity contribution in [3.63, 3.8) is 0 Å². The molecule has 1 heterocycles. The van der Waals surface area contributed by atoms with Gasteiger partial charge in [-0.05, 0) is 47.8 Å². The minimum atomic E-state index is -0.277. The summed E-state index contributed by atoms with van der Waals surface area (Å²) in [7, 11) is 1.57. The van der Waals surface area contributed by atoms with Crippen LogP contribution in [0.5, 0.6) is 0 Å². The molecule has 0 fully saturated rings. The smallest absolute Gasteiger partial charge is 0.252 e. The molecule has 3 aromatic rings. The third-order valence-corrected chi connectivity index (χ3v) is 5.79. The highest BCUT2D eigenvalue weighted by Gasteiger charge is 2.27. The van der Waals surface area contributed by atoms with Crippen LogP contribution in [0, 0.1) is 0 Å². The van der Waals surface area contributed by atoms with Crippen LogP contribution in [0.2, 0.25) is 5.02 Å². The fourth-order valence-corrected chi connectivity index (χ4v) is 4.11. The van der Waals surface area contributed by atoms with E-state index in [-0.39, 0.29) is 18.4 Å². The van der Waals surface area contributed by atoms with Gasteiger partial charge in [-0.3, -0.25) is 9.59 Å². The van der Waals surface area contributed by atoms with Gasteiger partial charge in [-0.1, -0.05) is 48.0 Å². The number of allylic oxidation sites excluding steroid dienone is 1. The lowest BCUT2D eigenvalue weighted by Gasteiger charge is -2.13. The Morgan fingerprint density at radius 1 is 1.09 bits per heavy atom. The van der Waals surface area contributed by atoms with Gasteiger partial charge in [-0.25, -0.2) is 4.98 Å². The number of fused-ring (bicyclic) bond motifs is 2. The minimum Gasteiger partial charge on any atom is -0.383 e. The van der Waals surface area contributed by atoms with Crippen molar-refractivity contribution in [1.29, 1.82) is 0 Å². The van der Waals surface area contributed by atoms with Gasteiger partial charge in [0.25, 0.3) is 5.91 Å². The van der Waals surface area contributed by atoms with E-state index in [2.05, 4.69) is 10.6 Å². The van der Waals surface area contributed by atoms with Crippen molar-refractivity contribution in [3.8, 4) is 0 Å². The summed E-state index contributed by atoms with van der Waals surface area (Å²) in [6.45, 7) is 0.716. The summed E-state index contributed by atoms with van der Waals surface area (Å²) in [5, 5.41) is 6.92. The molecule has 0 atom stereocenters. The molecule has 32 heavy (non-hydrogen) atoms. The Kier molecular flexibility index (Phi) is 6.83. The third kappa shape index (κ3) is 4.66. The predicted molar refractivity (Wildman–Crippen MR) is 127 cm³/mol. The quantitative estimate of drug-likeness (QED) is 0.536. The molecular formula is C25H24ClN3O3. The number of carbonyl (C=O) groups is 2. The Hall–Kier alpha value is -3.22. The fraction of sp³-hybridized carbons (Fsp3) is 0.240. The van der Waals surface area contributed by atoms with Crippen LogP contribution in [-0.2, 0) is 16.0 Å². The summed E-state index contributed by atoms with van der Waals surface area (Å²) < 4.78 is 4.92. The van der Waals surface area contributed by atoms with Crippen molar-refractivity contribution >= 4 is 46.0 Å². The second kappa shape index (κ2) is 9.94. The Balaban J connectivity index is 1.67. The maximum atomic E-state index is 13.2. The molecule has 1 aliphatic carbocycles. The minimum absolute atomic E-state index is 0.101. The number of carbonyl (C=O) groups excluding carboxylic acids is 2. The number of pyridine rings is 1. The highest BCUT2D eigenvalue weighted by Crippen LogP contribution is 2.38. The number of nitrogens with one attached hydrogen (secondary N) is 2. The molecule has 0 unspecified atom stereocenters. The first-order chi connectivity index (χ1) is 15.6. The van der Waals surface area contributed by atoms with Crippen LogP contribution < -0.4 is 10.6 Å². The summed E-state index contributed by atoms with van der Waals surface area (Å²) in [4.78, 5) is 30.1. The molecule has 1 aromatic heterocycles. The molecule has 0 aliphatic heterocycles. The Bertz CT molecular complexity index is 1210. The summed E-state index contributed by atoms with van der Waals surface area (Å²) in [6.07, 6.45) is 3.51. The van der Waals surface area contributed by atoms with Crippen LogP contribution in [0.3, 0.4) is 0 Å². The topological polar surface area (TPSA) is 80.3 Å². The third-order valence-electron chi connectivity index (χ3n) is 5.44. The highest BCUT2D eigenvalue weighted by molar-refractivity contribution is 6.32. The van der Waals surface area contributed by atoms with Gasteiger partial charge in [0.05, 0.1) is 29.9 Å². The van der Waals surface area contributed by atoms with Crippen molar-refractivity contribution < 1.29 is 14.3 Å². The number of benzene rings is 2. The first kappa shape index (κ1) is 22.0. The van der Waals surface area contributed by atoms with E-state index in [0.717, 1.165) is 39.7 Å². The lowest BCUT2D eigenvalue weighted by Crippen LogP contribution is -2.38. The SMILES string of the molecule is COCCNC(=O)CNC(=O)c1c2c(nc3ccccc13)C(=Cc1ccccc1Cl)CC2. The zero-order valence-electron chi connectivity index (χ0n) is 17.8. The molecule has 2 aromatic carbocycles. The highest BCUT2D eigenvalue weighted by atomic mass is 35.5. The second-order valence-corrected chi connectivity index (χ2v) is 7.95. The maximum absolute atomic E-state index is 13.2. The summed E-state index contributed by atoms with van der Waals surface area (Å²) in [6, 6.07) is 15.2. The van der Waals surface area contributed by atoms with Crippen LogP contribution >= 0.6 is 11.6 Å². The Morgan fingerprint density at radius 3 is 2.69 bits per heavy atom. The van der Waals surface area contributed by atoms with Crippen LogP contribution in [0.4, 0.5) is 0 Å². The second-order valence-electron chi connectivity index (χ2n) is 7.55. The van der Waals surface area contributed by atoms with Gasteiger partial charge in [0.2, 0.25) is 5.91 Å². The van der Waals surface area contributed by atoms with E-state index < -0.39 is 0 Å². The molecule has 0 bridgehead atoms. The van der Waals surface area contributed by atoms with Crippen LogP contribution in [0.15, 0.2) is 48.5 Å². The lowest BCUT2D eigenvalue weighted by atomic mass is 10.00. The molecule has 2 amide bonds. The number of amides is 2. The number of rotatable bonds is 7. The van der Waals surface area contributed by atoms with E-state index in [4.69, 9.17) is 21.3 Å². The van der Waals surface area contributed by atoms with Gasteiger partial charge >= 0.3 is 0 Å². The van der Waals surface area contributed by atoms with Crippen LogP contribution in [0.25, 0.3) is 22.6 Å². The molecule has 7 heteroatoms. The van der Waals surface area contributed by atoms with E-state index in [1.165, 1.54) is 0 Å². The van der Waals surface area contributed by atoms with Gasteiger partial charge < -0.3 is 15.4 Å². The lowest BCUT2D eigenvalue weighted by molar-refractivity contribution is -0.120. The van der Waals surface area contributed by atoms with E-state index in [1.807, 2.05) is 54.6 Å². The molecule has 6 nitrogen and oxygen atoms in total. The normalized spacial score (nSPS) is 13.9. The fourth-order valence-electron chi connectivity index (χ4n) is 3.92. The number of hydrogen-bond acceptors (Lipinski definition) is 4. The number of nitrogens with zero attached hydrogens (tertiary/aromatic N) is 1. The Labute approximate surface area is 191 Å². The van der Waals surface area contributed by atoms with Gasteiger partial charge in [0.15, 0.2) is 0 Å². The zero-order valence-corrected chi connectivity index (χ0v) is 18.5. The van der Waals surface area contributed by atoms with Crippen LogP contribution in [0.1, 0.15) is 33.6 Å². The molecule has 2 N–H and O–H groups in total. The molecule has 4 rings (SSSR count). The van der Waals surface area contributed by atoms with Gasteiger partial charge in [-0.2, -0.15) is 0 Å². The van der Waals surface area contributed by atoms with Gasteiger partial charge in [-0.15, -0.1) is 0 Å². The zero-order chi connectivity index (χ0) is 22.5. The van der Waals surface area contributed by atoms with Crippen molar-refractivity contribution in [1.82, 2.24) is 15.6 Å². The molecular weight excluding hydrogens is 426 g/mol. The molecule has 0 radical (unpaired) electrons. The maximum Gasteiger partial charge on any atom is 0.252 e. The molecule has 164 valence electrons. The molecule has 0 saturated heterocycles. The first-order valence-electron chi connectivity index (χ1n) is 10.5. The van der Waals surface area contributed by atoms with Gasteiger partial charge in [0.1, 0.15) is 0 Å². The molecule has 0 spiro atoms. The summed E-state index contributed by atoms with van der Waals surface area (Å²) >= 11 is 6.35.